The molecule has 0 heterocycles. The van der Waals surface area contributed by atoms with Crippen LogP contribution in [-0.4, -0.2) is 39.9 Å². The number of rotatable bonds is 6. The molecule has 0 aliphatic carbocycles. The summed E-state index contributed by atoms with van der Waals surface area (Å²) in [6, 6.07) is 6.37. The van der Waals surface area contributed by atoms with Gasteiger partial charge in [-0.25, -0.2) is 13.1 Å². The zero-order valence-electron chi connectivity index (χ0n) is 11.6. The lowest BCUT2D eigenvalue weighted by atomic mass is 10.2. The summed E-state index contributed by atoms with van der Waals surface area (Å²) in [5.74, 6) is 5.56. The molecule has 6 heteroatoms. The average Bonchev–Trinajstić information content (AvgIpc) is 2.45. The Hall–Kier alpha value is -1.39. The van der Waals surface area contributed by atoms with Gasteiger partial charge >= 0.3 is 0 Å². The minimum Gasteiger partial charge on any atom is -0.395 e. The van der Waals surface area contributed by atoms with Crippen LogP contribution in [0.25, 0.3) is 0 Å². The van der Waals surface area contributed by atoms with Gasteiger partial charge in [0.1, 0.15) is 0 Å². The number of hydrogen-bond donors (Lipinski definition) is 2. The molecule has 20 heavy (non-hydrogen) atoms. The lowest BCUT2D eigenvalue weighted by Gasteiger charge is -2.11. The summed E-state index contributed by atoms with van der Waals surface area (Å²) >= 11 is 0. The number of sulfonamides is 1. The minimum atomic E-state index is -3.57. The SMILES string of the molecule is COC(C)CNS(=O)(=O)c1cccc(C#CCCO)c1. The zero-order valence-corrected chi connectivity index (χ0v) is 12.4. The number of aliphatic hydroxyl groups excluding tert-OH is 1. The van der Waals surface area contributed by atoms with Gasteiger partial charge in [-0.1, -0.05) is 17.9 Å². The van der Waals surface area contributed by atoms with Crippen molar-refractivity contribution in [3.8, 4) is 11.8 Å². The van der Waals surface area contributed by atoms with Crippen LogP contribution in [-0.2, 0) is 14.8 Å². The van der Waals surface area contributed by atoms with E-state index in [2.05, 4.69) is 16.6 Å². The highest BCUT2D eigenvalue weighted by atomic mass is 32.2. The fourth-order valence-corrected chi connectivity index (χ4v) is 2.52. The molecule has 0 aliphatic heterocycles. The molecule has 0 saturated carbocycles. The van der Waals surface area contributed by atoms with Crippen molar-refractivity contribution in [2.24, 2.45) is 0 Å². The monoisotopic (exact) mass is 297 g/mol. The first-order valence-electron chi connectivity index (χ1n) is 6.22. The summed E-state index contributed by atoms with van der Waals surface area (Å²) < 4.78 is 31.6. The molecule has 1 unspecified atom stereocenters. The smallest absolute Gasteiger partial charge is 0.240 e. The highest BCUT2D eigenvalue weighted by molar-refractivity contribution is 7.89. The van der Waals surface area contributed by atoms with Crippen LogP contribution in [0.4, 0.5) is 0 Å². The van der Waals surface area contributed by atoms with Crippen molar-refractivity contribution in [1.29, 1.82) is 0 Å². The average molecular weight is 297 g/mol. The van der Waals surface area contributed by atoms with E-state index in [4.69, 9.17) is 9.84 Å². The lowest BCUT2D eigenvalue weighted by molar-refractivity contribution is 0.122. The maximum atomic E-state index is 12.1. The summed E-state index contributed by atoms with van der Waals surface area (Å²) in [4.78, 5) is 0.164. The normalized spacial score (nSPS) is 12.6. The lowest BCUT2D eigenvalue weighted by Crippen LogP contribution is -2.31. The quantitative estimate of drug-likeness (QED) is 0.759. The summed E-state index contributed by atoms with van der Waals surface area (Å²) in [5.41, 5.74) is 0.598. The fourth-order valence-electron chi connectivity index (χ4n) is 1.36. The van der Waals surface area contributed by atoms with Crippen molar-refractivity contribution >= 4 is 10.0 Å². The first kappa shape index (κ1) is 16.7. The Morgan fingerprint density at radius 2 is 2.20 bits per heavy atom. The standard InChI is InChI=1S/C14H19NO4S/c1-12(19-2)11-15-20(17,18)14-8-5-7-13(10-14)6-3-4-9-16/h5,7-8,10,12,15-16H,4,9,11H2,1-2H3. The van der Waals surface area contributed by atoms with Crippen molar-refractivity contribution in [3.63, 3.8) is 0 Å². The van der Waals surface area contributed by atoms with Crippen molar-refractivity contribution in [3.05, 3.63) is 29.8 Å². The van der Waals surface area contributed by atoms with Crippen molar-refractivity contribution in [2.45, 2.75) is 24.3 Å². The van der Waals surface area contributed by atoms with E-state index in [1.807, 2.05) is 0 Å². The molecular weight excluding hydrogens is 278 g/mol. The molecule has 110 valence electrons. The topological polar surface area (TPSA) is 75.6 Å². The second kappa shape index (κ2) is 8.02. The van der Waals surface area contributed by atoms with Gasteiger partial charge in [-0.15, -0.1) is 0 Å². The molecule has 2 N–H and O–H groups in total. The molecule has 5 nitrogen and oxygen atoms in total. The number of aliphatic hydroxyl groups is 1. The number of ether oxygens (including phenoxy) is 1. The molecule has 0 aromatic heterocycles. The van der Waals surface area contributed by atoms with E-state index >= 15 is 0 Å². The molecule has 0 aliphatic rings. The van der Waals surface area contributed by atoms with Gasteiger partial charge in [-0.3, -0.25) is 0 Å². The fraction of sp³-hybridized carbons (Fsp3) is 0.429. The first-order chi connectivity index (χ1) is 9.49. The van der Waals surface area contributed by atoms with Crippen molar-refractivity contribution in [2.75, 3.05) is 20.3 Å². The van der Waals surface area contributed by atoms with Gasteiger partial charge in [0.2, 0.25) is 10.0 Å². The van der Waals surface area contributed by atoms with Crippen LogP contribution in [0.15, 0.2) is 29.2 Å². The van der Waals surface area contributed by atoms with E-state index in [-0.39, 0.29) is 24.2 Å². The molecule has 0 saturated heterocycles. The van der Waals surface area contributed by atoms with Gasteiger partial charge in [0.15, 0.2) is 0 Å². The van der Waals surface area contributed by atoms with Crippen molar-refractivity contribution < 1.29 is 18.3 Å². The molecule has 0 bridgehead atoms. The van der Waals surface area contributed by atoms with Crippen LogP contribution in [0.1, 0.15) is 18.9 Å². The van der Waals surface area contributed by atoms with Crippen LogP contribution < -0.4 is 4.72 Å². The molecule has 1 aromatic rings. The third kappa shape index (κ3) is 5.31. The highest BCUT2D eigenvalue weighted by Gasteiger charge is 2.15. The molecule has 1 rings (SSSR count). The summed E-state index contributed by atoms with van der Waals surface area (Å²) in [7, 11) is -2.04. The van der Waals surface area contributed by atoms with Crippen molar-refractivity contribution in [1.82, 2.24) is 4.72 Å². The van der Waals surface area contributed by atoms with Gasteiger partial charge in [0.25, 0.3) is 0 Å². The molecule has 0 spiro atoms. The predicted octanol–water partition coefficient (Wildman–Crippen LogP) is 0.734. The number of hydrogen-bond acceptors (Lipinski definition) is 4. The maximum absolute atomic E-state index is 12.1. The van der Waals surface area contributed by atoms with E-state index in [1.54, 1.807) is 19.1 Å². The van der Waals surface area contributed by atoms with Crippen LogP contribution in [0.2, 0.25) is 0 Å². The maximum Gasteiger partial charge on any atom is 0.240 e. The van der Waals surface area contributed by atoms with E-state index in [0.717, 1.165) is 0 Å². The van der Waals surface area contributed by atoms with Gasteiger partial charge < -0.3 is 9.84 Å². The predicted molar refractivity (Wildman–Crippen MR) is 76.7 cm³/mol. The third-order valence-electron chi connectivity index (χ3n) is 2.58. The van der Waals surface area contributed by atoms with Gasteiger partial charge in [-0.2, -0.15) is 0 Å². The highest BCUT2D eigenvalue weighted by Crippen LogP contribution is 2.11. The first-order valence-corrected chi connectivity index (χ1v) is 7.70. The van der Waals surface area contributed by atoms with Crippen LogP contribution in [0.3, 0.4) is 0 Å². The summed E-state index contributed by atoms with van der Waals surface area (Å²) in [5, 5.41) is 8.65. The Labute approximate surface area is 120 Å². The zero-order chi connectivity index (χ0) is 15.0. The Balaban J connectivity index is 2.85. The molecule has 1 atom stereocenters. The Bertz CT molecular complexity index is 587. The third-order valence-corrected chi connectivity index (χ3v) is 4.00. The number of nitrogens with one attached hydrogen (secondary N) is 1. The van der Waals surface area contributed by atoms with E-state index in [0.29, 0.717) is 12.0 Å². The van der Waals surface area contributed by atoms with E-state index in [9.17, 15) is 8.42 Å². The van der Waals surface area contributed by atoms with Gasteiger partial charge in [0, 0.05) is 25.6 Å². The Morgan fingerprint density at radius 3 is 2.85 bits per heavy atom. The molecular formula is C14H19NO4S. The largest absolute Gasteiger partial charge is 0.395 e. The van der Waals surface area contributed by atoms with E-state index < -0.39 is 10.0 Å². The summed E-state index contributed by atoms with van der Waals surface area (Å²) in [6.07, 6.45) is 0.165. The second-order valence-electron chi connectivity index (χ2n) is 4.20. The Kier molecular flexibility index (Phi) is 6.68. The van der Waals surface area contributed by atoms with Crippen LogP contribution in [0, 0.1) is 11.8 Å². The molecule has 1 aromatic carbocycles. The Morgan fingerprint density at radius 1 is 1.45 bits per heavy atom. The summed E-state index contributed by atoms with van der Waals surface area (Å²) in [6.45, 7) is 1.97. The van der Waals surface area contributed by atoms with Crippen LogP contribution >= 0.6 is 0 Å². The molecule has 0 fully saturated rings. The molecule has 0 amide bonds. The van der Waals surface area contributed by atoms with Crippen LogP contribution in [0.5, 0.6) is 0 Å². The van der Waals surface area contributed by atoms with E-state index in [1.165, 1.54) is 19.2 Å². The second-order valence-corrected chi connectivity index (χ2v) is 5.97. The minimum absolute atomic E-state index is 0.0124. The van der Waals surface area contributed by atoms with Gasteiger partial charge in [-0.05, 0) is 25.1 Å². The van der Waals surface area contributed by atoms with Gasteiger partial charge in [0.05, 0.1) is 17.6 Å². The number of methoxy groups -OCH3 is 1. The molecule has 0 radical (unpaired) electrons. The number of benzene rings is 1.